The number of nitrogens with zero attached hydrogens (tertiary/aromatic N) is 1. The molecule has 1 heterocycles. The van der Waals surface area contributed by atoms with Crippen molar-refractivity contribution < 1.29 is 14.3 Å². The lowest BCUT2D eigenvalue weighted by molar-refractivity contribution is 0.102. The zero-order chi connectivity index (χ0) is 18.2. The Balaban J connectivity index is 1.77. The first-order valence-corrected chi connectivity index (χ1v) is 7.91. The minimum absolute atomic E-state index is 0.166. The molecule has 0 saturated heterocycles. The second kappa shape index (κ2) is 8.36. The molecular weight excluding hydrogens is 328 g/mol. The fourth-order valence-corrected chi connectivity index (χ4v) is 2.26. The van der Waals surface area contributed by atoms with Crippen LogP contribution in [0.3, 0.4) is 0 Å². The van der Waals surface area contributed by atoms with Crippen LogP contribution in [-0.2, 0) is 0 Å². The van der Waals surface area contributed by atoms with Crippen LogP contribution in [0.4, 0.5) is 5.69 Å². The number of pyridine rings is 1. The van der Waals surface area contributed by atoms with Crippen molar-refractivity contribution in [1.82, 2.24) is 4.98 Å². The summed E-state index contributed by atoms with van der Waals surface area (Å²) in [6.07, 6.45) is 8.43. The summed E-state index contributed by atoms with van der Waals surface area (Å²) < 4.78 is 11.1. The van der Waals surface area contributed by atoms with E-state index in [2.05, 4.69) is 16.2 Å². The molecule has 26 heavy (non-hydrogen) atoms. The maximum Gasteiger partial charge on any atom is 0.259 e. The van der Waals surface area contributed by atoms with Crippen LogP contribution in [0.1, 0.15) is 10.4 Å². The van der Waals surface area contributed by atoms with Crippen molar-refractivity contribution in [3.63, 3.8) is 0 Å². The number of terminal acetylenes is 1. The maximum atomic E-state index is 12.7. The molecule has 0 bridgehead atoms. The number of anilines is 1. The summed E-state index contributed by atoms with van der Waals surface area (Å²) in [4.78, 5) is 16.7. The Bertz CT molecular complexity index is 933. The molecule has 0 spiro atoms. The Labute approximate surface area is 151 Å². The number of para-hydroxylation sites is 1. The van der Waals surface area contributed by atoms with E-state index in [1.54, 1.807) is 73.1 Å². The summed E-state index contributed by atoms with van der Waals surface area (Å²) in [5.41, 5.74) is 1.01. The van der Waals surface area contributed by atoms with E-state index in [0.717, 1.165) is 0 Å². The van der Waals surface area contributed by atoms with Gasteiger partial charge in [-0.3, -0.25) is 9.78 Å². The number of rotatable bonds is 6. The van der Waals surface area contributed by atoms with Gasteiger partial charge in [-0.05, 0) is 36.4 Å². The predicted molar refractivity (Wildman–Crippen MR) is 99.5 cm³/mol. The first-order chi connectivity index (χ1) is 12.8. The fourth-order valence-electron chi connectivity index (χ4n) is 2.26. The molecule has 0 atom stereocenters. The fraction of sp³-hybridized carbons (Fsp3) is 0.0476. The second-order valence-electron chi connectivity index (χ2n) is 5.26. The lowest BCUT2D eigenvalue weighted by Crippen LogP contribution is -2.13. The van der Waals surface area contributed by atoms with Crippen molar-refractivity contribution in [2.24, 2.45) is 0 Å². The first kappa shape index (κ1) is 17.1. The normalized spacial score (nSPS) is 9.81. The number of hydrogen-bond donors (Lipinski definition) is 1. The molecule has 0 unspecified atom stereocenters. The van der Waals surface area contributed by atoms with E-state index in [1.165, 1.54) is 0 Å². The monoisotopic (exact) mass is 344 g/mol. The third-order valence-corrected chi connectivity index (χ3v) is 3.41. The van der Waals surface area contributed by atoms with Crippen LogP contribution in [0, 0.1) is 12.3 Å². The van der Waals surface area contributed by atoms with Gasteiger partial charge in [0.25, 0.3) is 5.91 Å². The molecule has 5 heteroatoms. The number of carbonyl (C=O) groups is 1. The van der Waals surface area contributed by atoms with Gasteiger partial charge in [-0.15, -0.1) is 6.42 Å². The average Bonchev–Trinajstić information content (AvgIpc) is 2.68. The van der Waals surface area contributed by atoms with Gasteiger partial charge in [0.05, 0.1) is 11.8 Å². The van der Waals surface area contributed by atoms with E-state index in [9.17, 15) is 4.79 Å². The van der Waals surface area contributed by atoms with Crippen molar-refractivity contribution in [3.05, 3.63) is 78.6 Å². The van der Waals surface area contributed by atoms with Gasteiger partial charge in [0.1, 0.15) is 23.9 Å². The largest absolute Gasteiger partial charge is 0.481 e. The smallest absolute Gasteiger partial charge is 0.259 e. The number of carbonyl (C=O) groups excluding carboxylic acids is 1. The number of benzene rings is 2. The summed E-state index contributed by atoms with van der Waals surface area (Å²) in [6, 6.07) is 17.6. The van der Waals surface area contributed by atoms with Crippen molar-refractivity contribution >= 4 is 11.6 Å². The lowest BCUT2D eigenvalue weighted by Gasteiger charge is -2.12. The lowest BCUT2D eigenvalue weighted by atomic mass is 10.2. The molecule has 0 aliphatic heterocycles. The molecule has 3 rings (SSSR count). The van der Waals surface area contributed by atoms with Crippen LogP contribution in [0.15, 0.2) is 73.1 Å². The molecule has 1 N–H and O–H groups in total. The summed E-state index contributed by atoms with van der Waals surface area (Å²) in [7, 11) is 0. The Morgan fingerprint density at radius 2 is 1.92 bits per heavy atom. The highest BCUT2D eigenvalue weighted by Crippen LogP contribution is 2.26. The van der Waals surface area contributed by atoms with E-state index in [0.29, 0.717) is 28.5 Å². The van der Waals surface area contributed by atoms with Crippen LogP contribution in [0.25, 0.3) is 0 Å². The predicted octanol–water partition coefficient (Wildman–Crippen LogP) is 4.14. The molecular formula is C21H16N2O3. The van der Waals surface area contributed by atoms with Gasteiger partial charge in [-0.1, -0.05) is 24.1 Å². The summed E-state index contributed by atoms with van der Waals surface area (Å²) in [6.45, 7) is 0.166. The Hall–Kier alpha value is -3.78. The van der Waals surface area contributed by atoms with Crippen LogP contribution in [0.2, 0.25) is 0 Å². The standard InChI is InChI=1S/C21H16N2O3/c1-2-13-25-17-8-5-7-16(14-17)23-21(24)19-10-3-4-11-20(19)26-18-9-6-12-22-15-18/h1,3-12,14-15H,13H2,(H,23,24). The Morgan fingerprint density at radius 3 is 2.73 bits per heavy atom. The highest BCUT2D eigenvalue weighted by Gasteiger charge is 2.13. The molecule has 0 aliphatic carbocycles. The van der Waals surface area contributed by atoms with Crippen molar-refractivity contribution in [2.75, 3.05) is 11.9 Å². The van der Waals surface area contributed by atoms with E-state index < -0.39 is 0 Å². The molecule has 3 aromatic rings. The minimum Gasteiger partial charge on any atom is -0.481 e. The molecule has 0 aliphatic rings. The molecule has 5 nitrogen and oxygen atoms in total. The zero-order valence-corrected chi connectivity index (χ0v) is 13.9. The second-order valence-corrected chi connectivity index (χ2v) is 5.26. The number of nitrogens with one attached hydrogen (secondary N) is 1. The summed E-state index contributed by atoms with van der Waals surface area (Å²) in [5.74, 6) is 3.69. The third-order valence-electron chi connectivity index (χ3n) is 3.41. The molecule has 0 fully saturated rings. The third kappa shape index (κ3) is 4.40. The van der Waals surface area contributed by atoms with Crippen molar-refractivity contribution in [1.29, 1.82) is 0 Å². The van der Waals surface area contributed by atoms with Gasteiger partial charge in [0.2, 0.25) is 0 Å². The molecule has 2 aromatic carbocycles. The molecule has 128 valence electrons. The average molecular weight is 344 g/mol. The van der Waals surface area contributed by atoms with Crippen LogP contribution in [-0.4, -0.2) is 17.5 Å². The minimum atomic E-state index is -0.293. The van der Waals surface area contributed by atoms with E-state index in [4.69, 9.17) is 15.9 Å². The number of hydrogen-bond acceptors (Lipinski definition) is 4. The van der Waals surface area contributed by atoms with Crippen molar-refractivity contribution in [2.45, 2.75) is 0 Å². The first-order valence-electron chi connectivity index (χ1n) is 7.91. The highest BCUT2D eigenvalue weighted by atomic mass is 16.5. The summed E-state index contributed by atoms with van der Waals surface area (Å²) >= 11 is 0. The van der Waals surface area contributed by atoms with Gasteiger partial charge < -0.3 is 14.8 Å². The highest BCUT2D eigenvalue weighted by molar-refractivity contribution is 6.06. The van der Waals surface area contributed by atoms with Crippen LogP contribution < -0.4 is 14.8 Å². The SMILES string of the molecule is C#CCOc1cccc(NC(=O)c2ccccc2Oc2cccnc2)c1. The van der Waals surface area contributed by atoms with E-state index >= 15 is 0 Å². The zero-order valence-electron chi connectivity index (χ0n) is 13.9. The van der Waals surface area contributed by atoms with Crippen LogP contribution in [0.5, 0.6) is 17.2 Å². The number of amides is 1. The maximum absolute atomic E-state index is 12.7. The molecule has 1 aromatic heterocycles. The van der Waals surface area contributed by atoms with Gasteiger partial charge in [0, 0.05) is 18.0 Å². The van der Waals surface area contributed by atoms with Gasteiger partial charge in [0.15, 0.2) is 0 Å². The van der Waals surface area contributed by atoms with Gasteiger partial charge >= 0.3 is 0 Å². The van der Waals surface area contributed by atoms with Crippen molar-refractivity contribution in [3.8, 4) is 29.6 Å². The quantitative estimate of drug-likeness (QED) is 0.683. The van der Waals surface area contributed by atoms with Gasteiger partial charge in [-0.25, -0.2) is 0 Å². The summed E-state index contributed by atoms with van der Waals surface area (Å²) in [5, 5.41) is 2.83. The molecule has 0 saturated carbocycles. The Kier molecular flexibility index (Phi) is 5.48. The number of aromatic nitrogens is 1. The van der Waals surface area contributed by atoms with E-state index in [1.807, 2.05) is 0 Å². The van der Waals surface area contributed by atoms with E-state index in [-0.39, 0.29) is 12.5 Å². The Morgan fingerprint density at radius 1 is 1.08 bits per heavy atom. The molecule has 1 amide bonds. The van der Waals surface area contributed by atoms with Gasteiger partial charge in [-0.2, -0.15) is 0 Å². The van der Waals surface area contributed by atoms with Crippen LogP contribution >= 0.6 is 0 Å². The molecule has 0 radical (unpaired) electrons. The number of ether oxygens (including phenoxy) is 2. The topological polar surface area (TPSA) is 60.5 Å².